The van der Waals surface area contributed by atoms with Crippen molar-refractivity contribution in [1.29, 1.82) is 0 Å². The van der Waals surface area contributed by atoms with E-state index in [1.807, 2.05) is 0 Å². The molecule has 0 saturated heterocycles. The first-order valence-corrected chi connectivity index (χ1v) is 10.9. The third-order valence-corrected chi connectivity index (χ3v) is 4.76. The maximum atomic E-state index is 12.3. The highest BCUT2D eigenvalue weighted by Gasteiger charge is 2.22. The van der Waals surface area contributed by atoms with Crippen molar-refractivity contribution in [1.82, 2.24) is 20.3 Å². The fraction of sp³-hybridized carbons (Fsp3) is 0.571. The van der Waals surface area contributed by atoms with E-state index in [2.05, 4.69) is 25.7 Å². The van der Waals surface area contributed by atoms with E-state index >= 15 is 0 Å². The minimum absolute atomic E-state index is 0.0638. The maximum Gasteiger partial charge on any atom is 0.405 e. The van der Waals surface area contributed by atoms with Gasteiger partial charge < -0.3 is 25.8 Å². The molecule has 0 aliphatic heterocycles. The number of unbranched alkanes of at least 4 members (excludes halogenated alkanes) is 1. The average Bonchev–Trinajstić information content (AvgIpc) is 3.07. The van der Waals surface area contributed by atoms with Gasteiger partial charge in [0.25, 0.3) is 16.1 Å². The molecule has 7 N–H and O–H groups in total. The molecular formula is C14H24N6O7S2. The second-order valence-corrected chi connectivity index (χ2v) is 7.95. The van der Waals surface area contributed by atoms with Crippen LogP contribution in [0.3, 0.4) is 0 Å². The number of thiazole rings is 1. The van der Waals surface area contributed by atoms with Crippen molar-refractivity contribution in [2.45, 2.75) is 25.3 Å². The number of carbonyl (C=O) groups is 3. The van der Waals surface area contributed by atoms with Gasteiger partial charge in [0, 0.05) is 25.6 Å². The quantitative estimate of drug-likeness (QED) is 0.206. The lowest BCUT2D eigenvalue weighted by Crippen LogP contribution is -2.43. The summed E-state index contributed by atoms with van der Waals surface area (Å²) in [5, 5.41) is 22.5. The lowest BCUT2D eigenvalue weighted by atomic mass is 10.1. The molecule has 164 valence electrons. The lowest BCUT2D eigenvalue weighted by Gasteiger charge is -2.15. The molecule has 29 heavy (non-hydrogen) atoms. The topological polar surface area (TPSA) is 202 Å². The Kier molecular flexibility index (Phi) is 10.5. The number of nitrogens with zero attached hydrogens (tertiary/aromatic N) is 1. The Labute approximate surface area is 171 Å². The zero-order chi connectivity index (χ0) is 21.9. The van der Waals surface area contributed by atoms with Crippen LogP contribution in [0.4, 0.5) is 9.93 Å². The van der Waals surface area contributed by atoms with E-state index in [0.717, 1.165) is 11.3 Å². The summed E-state index contributed by atoms with van der Waals surface area (Å²) in [6, 6.07) is -1.08. The number of nitrogens with one attached hydrogen (secondary N) is 4. The highest BCUT2D eigenvalue weighted by Crippen LogP contribution is 2.16. The fourth-order valence-electron chi connectivity index (χ4n) is 2.09. The number of anilines is 1. The van der Waals surface area contributed by atoms with Crippen LogP contribution in [-0.2, 0) is 19.7 Å². The third kappa shape index (κ3) is 10.7. The number of ether oxygens (including phenoxy) is 1. The minimum Gasteiger partial charge on any atom is -0.465 e. The van der Waals surface area contributed by atoms with Crippen LogP contribution >= 0.6 is 11.3 Å². The third-order valence-electron chi connectivity index (χ3n) is 3.40. The molecule has 1 unspecified atom stereocenters. The molecule has 0 aliphatic carbocycles. The largest absolute Gasteiger partial charge is 0.465 e. The van der Waals surface area contributed by atoms with Crippen LogP contribution in [0.25, 0.3) is 0 Å². The Morgan fingerprint density at radius 2 is 2.03 bits per heavy atom. The van der Waals surface area contributed by atoms with Crippen molar-refractivity contribution in [2.24, 2.45) is 5.14 Å². The molecular weight excluding hydrogens is 428 g/mol. The average molecular weight is 453 g/mol. The van der Waals surface area contributed by atoms with Crippen LogP contribution in [-0.4, -0.2) is 69.3 Å². The predicted octanol–water partition coefficient (Wildman–Crippen LogP) is -0.943. The Balaban J connectivity index is 2.57. The number of amides is 3. The first-order chi connectivity index (χ1) is 13.6. The molecule has 0 fully saturated rings. The van der Waals surface area contributed by atoms with Gasteiger partial charge in [0.1, 0.15) is 11.7 Å². The SMILES string of the molecule is COCCNC(=O)c1csc(NC(=O)C(CCCCNS(N)(=O)=O)NC(=O)O)n1. The normalized spacial score (nSPS) is 12.2. The van der Waals surface area contributed by atoms with Crippen LogP contribution in [0.15, 0.2) is 5.38 Å². The number of carbonyl (C=O) groups excluding carboxylic acids is 2. The number of hydrogen-bond donors (Lipinski definition) is 6. The van der Waals surface area contributed by atoms with Crippen LogP contribution in [0.5, 0.6) is 0 Å². The molecule has 1 aromatic heterocycles. The van der Waals surface area contributed by atoms with Crippen molar-refractivity contribution in [3.05, 3.63) is 11.1 Å². The molecule has 1 rings (SSSR count). The first-order valence-electron chi connectivity index (χ1n) is 8.42. The van der Waals surface area contributed by atoms with Crippen LogP contribution < -0.4 is 25.8 Å². The van der Waals surface area contributed by atoms with E-state index in [-0.39, 0.29) is 23.8 Å². The molecule has 0 saturated carbocycles. The Bertz CT molecular complexity index is 798. The Morgan fingerprint density at radius 1 is 1.31 bits per heavy atom. The first kappa shape index (κ1) is 24.7. The monoisotopic (exact) mass is 452 g/mol. The highest BCUT2D eigenvalue weighted by atomic mass is 32.2. The standard InChI is InChI=1S/C14H24N6O7S2/c1-27-7-6-16-11(21)10-8-28-13(18-10)20-12(22)9(19-14(23)24)4-2-3-5-17-29(15,25)26/h8-9,17,19H,2-7H2,1H3,(H,16,21)(H,23,24)(H2,15,25,26)(H,18,20,22). The number of hydrogen-bond acceptors (Lipinski definition) is 8. The van der Waals surface area contributed by atoms with Gasteiger partial charge in [-0.1, -0.05) is 0 Å². The summed E-state index contributed by atoms with van der Waals surface area (Å²) < 4.78 is 28.5. The molecule has 13 nitrogen and oxygen atoms in total. The summed E-state index contributed by atoms with van der Waals surface area (Å²) in [7, 11) is -2.30. The van der Waals surface area contributed by atoms with Crippen molar-refractivity contribution in [2.75, 3.05) is 32.1 Å². The number of carboxylic acid groups (broad SMARTS) is 1. The van der Waals surface area contributed by atoms with E-state index in [0.29, 0.717) is 26.0 Å². The number of rotatable bonds is 13. The van der Waals surface area contributed by atoms with E-state index < -0.39 is 34.2 Å². The van der Waals surface area contributed by atoms with E-state index in [9.17, 15) is 22.8 Å². The second-order valence-electron chi connectivity index (χ2n) is 5.71. The van der Waals surface area contributed by atoms with Crippen LogP contribution in [0, 0.1) is 0 Å². The zero-order valence-corrected chi connectivity index (χ0v) is 17.3. The molecule has 3 amide bonds. The van der Waals surface area contributed by atoms with Gasteiger partial charge in [-0.25, -0.2) is 19.6 Å². The van der Waals surface area contributed by atoms with Gasteiger partial charge in [0.15, 0.2) is 5.13 Å². The zero-order valence-electron chi connectivity index (χ0n) is 15.6. The smallest absolute Gasteiger partial charge is 0.405 e. The number of methoxy groups -OCH3 is 1. The second kappa shape index (κ2) is 12.3. The van der Waals surface area contributed by atoms with Gasteiger partial charge in [-0.3, -0.25) is 9.59 Å². The molecule has 0 spiro atoms. The van der Waals surface area contributed by atoms with Crippen molar-refractivity contribution >= 4 is 44.6 Å². The van der Waals surface area contributed by atoms with Gasteiger partial charge in [0.2, 0.25) is 5.91 Å². The molecule has 1 heterocycles. The summed E-state index contributed by atoms with van der Waals surface area (Å²) in [5.41, 5.74) is 0.109. The van der Waals surface area contributed by atoms with Gasteiger partial charge in [0.05, 0.1) is 6.61 Å². The number of aromatic nitrogens is 1. The predicted molar refractivity (Wildman–Crippen MR) is 105 cm³/mol. The van der Waals surface area contributed by atoms with Gasteiger partial charge >= 0.3 is 6.09 Å². The number of nitrogens with two attached hydrogens (primary N) is 1. The molecule has 0 radical (unpaired) electrons. The van der Waals surface area contributed by atoms with Crippen LogP contribution in [0.1, 0.15) is 29.8 Å². The Morgan fingerprint density at radius 3 is 2.66 bits per heavy atom. The minimum atomic E-state index is -3.80. The molecule has 0 aromatic carbocycles. The summed E-state index contributed by atoms with van der Waals surface area (Å²) in [6.07, 6.45) is -0.554. The fourth-order valence-corrected chi connectivity index (χ4v) is 3.21. The van der Waals surface area contributed by atoms with Crippen LogP contribution in [0.2, 0.25) is 0 Å². The maximum absolute atomic E-state index is 12.3. The Hall–Kier alpha value is -2.33. The molecule has 15 heteroatoms. The van der Waals surface area contributed by atoms with Gasteiger partial charge in [-0.05, 0) is 19.3 Å². The summed E-state index contributed by atoms with van der Waals surface area (Å²) >= 11 is 1.02. The summed E-state index contributed by atoms with van der Waals surface area (Å²) in [4.78, 5) is 39.2. The highest BCUT2D eigenvalue weighted by molar-refractivity contribution is 7.87. The molecule has 0 bridgehead atoms. The summed E-state index contributed by atoms with van der Waals surface area (Å²) in [5.74, 6) is -1.08. The molecule has 1 atom stereocenters. The van der Waals surface area contributed by atoms with E-state index in [1.165, 1.54) is 12.5 Å². The van der Waals surface area contributed by atoms with Crippen molar-refractivity contribution < 1.29 is 32.6 Å². The van der Waals surface area contributed by atoms with Gasteiger partial charge in [-0.15, -0.1) is 11.3 Å². The van der Waals surface area contributed by atoms with E-state index in [1.54, 1.807) is 0 Å². The summed E-state index contributed by atoms with van der Waals surface area (Å²) in [6.45, 7) is 0.711. The van der Waals surface area contributed by atoms with E-state index in [4.69, 9.17) is 15.0 Å². The van der Waals surface area contributed by atoms with Gasteiger partial charge in [-0.2, -0.15) is 8.42 Å². The van der Waals surface area contributed by atoms with Crippen molar-refractivity contribution in [3.63, 3.8) is 0 Å². The molecule has 0 aliphatic rings. The molecule has 1 aromatic rings. The van der Waals surface area contributed by atoms with Crippen molar-refractivity contribution in [3.8, 4) is 0 Å². The lowest BCUT2D eigenvalue weighted by molar-refractivity contribution is -0.118.